The van der Waals surface area contributed by atoms with E-state index in [1.807, 2.05) is 32.9 Å². The summed E-state index contributed by atoms with van der Waals surface area (Å²) >= 11 is 6.20. The molecule has 1 aliphatic carbocycles. The van der Waals surface area contributed by atoms with Crippen molar-refractivity contribution in [3.05, 3.63) is 23.8 Å². The van der Waals surface area contributed by atoms with Gasteiger partial charge in [0.1, 0.15) is 11.9 Å². The summed E-state index contributed by atoms with van der Waals surface area (Å²) in [6.07, 6.45) is 7.98. The summed E-state index contributed by atoms with van der Waals surface area (Å²) in [6, 6.07) is 0. The topological polar surface area (TPSA) is 46.6 Å². The molecule has 23 heavy (non-hydrogen) atoms. The van der Waals surface area contributed by atoms with Gasteiger partial charge in [0.2, 0.25) is 0 Å². The summed E-state index contributed by atoms with van der Waals surface area (Å²) in [7, 11) is 0. The van der Waals surface area contributed by atoms with Crippen LogP contribution in [0.15, 0.2) is 23.8 Å². The minimum absolute atomic E-state index is 0.0238. The monoisotopic (exact) mass is 339 g/mol. The van der Waals surface area contributed by atoms with Gasteiger partial charge in [0.25, 0.3) is 0 Å². The number of rotatable bonds is 2. The molecule has 1 saturated heterocycles. The zero-order chi connectivity index (χ0) is 17.3. The molecule has 2 aliphatic rings. The van der Waals surface area contributed by atoms with Gasteiger partial charge in [0.15, 0.2) is 0 Å². The average Bonchev–Trinajstić information content (AvgIpc) is 2.48. The lowest BCUT2D eigenvalue weighted by Crippen LogP contribution is -2.46. The van der Waals surface area contributed by atoms with Gasteiger partial charge < -0.3 is 14.4 Å². The summed E-state index contributed by atoms with van der Waals surface area (Å²) in [4.78, 5) is 25.7. The van der Waals surface area contributed by atoms with Crippen LogP contribution in [0.25, 0.3) is 0 Å². The molecule has 0 N–H and O–H groups in total. The summed E-state index contributed by atoms with van der Waals surface area (Å²) in [6.45, 7) is 8.66. The summed E-state index contributed by atoms with van der Waals surface area (Å²) in [5.74, 6) is 0.206. The van der Waals surface area contributed by atoms with Crippen LogP contribution in [-0.4, -0.2) is 41.3 Å². The number of hydrogen-bond acceptors (Lipinski definition) is 3. The molecule has 0 bridgehead atoms. The Morgan fingerprint density at radius 3 is 2.48 bits per heavy atom. The molecule has 0 saturated carbocycles. The molecule has 2 rings (SSSR count). The molecule has 0 spiro atoms. The minimum Gasteiger partial charge on any atom is -0.444 e. The van der Waals surface area contributed by atoms with Crippen LogP contribution in [0.1, 0.15) is 40.5 Å². The third-order valence-corrected chi connectivity index (χ3v) is 5.06. The SMILES string of the molecule is CC1C=C(C2(C=O)CCN(C(=O)OC(C)(C)C)CC2)C=CC1Cl. The number of ether oxygens (including phenoxy) is 1. The largest absolute Gasteiger partial charge is 0.444 e. The van der Waals surface area contributed by atoms with Gasteiger partial charge in [0, 0.05) is 13.1 Å². The van der Waals surface area contributed by atoms with Gasteiger partial charge in [0.05, 0.1) is 10.8 Å². The number of piperidine rings is 1. The normalized spacial score (nSPS) is 27.3. The predicted octanol–water partition coefficient (Wildman–Crippen LogP) is 3.94. The lowest BCUT2D eigenvalue weighted by molar-refractivity contribution is -0.116. The van der Waals surface area contributed by atoms with E-state index in [1.165, 1.54) is 0 Å². The van der Waals surface area contributed by atoms with Gasteiger partial charge in [-0.05, 0) is 45.1 Å². The van der Waals surface area contributed by atoms with Crippen molar-refractivity contribution < 1.29 is 14.3 Å². The van der Waals surface area contributed by atoms with E-state index in [-0.39, 0.29) is 17.4 Å². The van der Waals surface area contributed by atoms with Crippen LogP contribution in [0.3, 0.4) is 0 Å². The van der Waals surface area contributed by atoms with E-state index in [2.05, 4.69) is 13.0 Å². The Balaban J connectivity index is 2.06. The molecule has 0 radical (unpaired) electrons. The van der Waals surface area contributed by atoms with Crippen LogP contribution in [0.4, 0.5) is 4.79 Å². The van der Waals surface area contributed by atoms with E-state index < -0.39 is 11.0 Å². The molecule has 0 aromatic carbocycles. The zero-order valence-electron chi connectivity index (χ0n) is 14.3. The van der Waals surface area contributed by atoms with Crippen LogP contribution in [0.2, 0.25) is 0 Å². The molecule has 1 aliphatic heterocycles. The van der Waals surface area contributed by atoms with Crippen molar-refractivity contribution in [3.63, 3.8) is 0 Å². The summed E-state index contributed by atoms with van der Waals surface area (Å²) in [5.41, 5.74) is 0.0106. The standard InChI is InChI=1S/C18H26ClNO3/c1-13-11-14(5-6-15(13)19)18(12-21)7-9-20(10-8-18)16(22)23-17(2,3)4/h5-6,11-13,15H,7-10H2,1-4H3. The maximum absolute atomic E-state index is 12.2. The van der Waals surface area contributed by atoms with Crippen LogP contribution in [0.5, 0.6) is 0 Å². The van der Waals surface area contributed by atoms with Crippen molar-refractivity contribution in [1.29, 1.82) is 0 Å². The number of amides is 1. The van der Waals surface area contributed by atoms with Crippen LogP contribution in [-0.2, 0) is 9.53 Å². The second-order valence-electron chi connectivity index (χ2n) is 7.53. The summed E-state index contributed by atoms with van der Waals surface area (Å²) in [5, 5.41) is -0.0238. The molecule has 1 amide bonds. The first-order chi connectivity index (χ1) is 10.7. The number of aldehydes is 1. The highest BCUT2D eigenvalue weighted by atomic mass is 35.5. The van der Waals surface area contributed by atoms with Crippen LogP contribution < -0.4 is 0 Å². The van der Waals surface area contributed by atoms with Crippen molar-refractivity contribution in [3.8, 4) is 0 Å². The number of alkyl halides is 1. The van der Waals surface area contributed by atoms with Crippen LogP contribution >= 0.6 is 11.6 Å². The molecule has 0 aromatic rings. The van der Waals surface area contributed by atoms with Gasteiger partial charge >= 0.3 is 6.09 Å². The predicted molar refractivity (Wildman–Crippen MR) is 91.6 cm³/mol. The van der Waals surface area contributed by atoms with E-state index in [0.717, 1.165) is 11.9 Å². The fourth-order valence-corrected chi connectivity index (χ4v) is 3.17. The second kappa shape index (κ2) is 6.68. The van der Waals surface area contributed by atoms with Crippen molar-refractivity contribution in [2.75, 3.05) is 13.1 Å². The Morgan fingerprint density at radius 1 is 1.39 bits per heavy atom. The minimum atomic E-state index is -0.514. The first-order valence-corrected chi connectivity index (χ1v) is 8.59. The van der Waals surface area contributed by atoms with E-state index >= 15 is 0 Å². The number of carbonyl (C=O) groups excluding carboxylic acids is 2. The third kappa shape index (κ3) is 4.17. The lowest BCUT2D eigenvalue weighted by atomic mass is 9.71. The van der Waals surface area contributed by atoms with Gasteiger partial charge in [-0.3, -0.25) is 0 Å². The van der Waals surface area contributed by atoms with E-state index in [0.29, 0.717) is 25.9 Å². The molecule has 0 aromatic heterocycles. The average molecular weight is 340 g/mol. The number of halogens is 1. The fraction of sp³-hybridized carbons (Fsp3) is 0.667. The van der Waals surface area contributed by atoms with Gasteiger partial charge in [-0.2, -0.15) is 0 Å². The first kappa shape index (κ1) is 18.1. The van der Waals surface area contributed by atoms with Gasteiger partial charge in [-0.1, -0.05) is 25.2 Å². The molecular weight excluding hydrogens is 314 g/mol. The van der Waals surface area contributed by atoms with E-state index in [4.69, 9.17) is 16.3 Å². The van der Waals surface area contributed by atoms with E-state index in [9.17, 15) is 9.59 Å². The quantitative estimate of drug-likeness (QED) is 0.565. The first-order valence-electron chi connectivity index (χ1n) is 8.16. The third-order valence-electron chi connectivity index (χ3n) is 4.51. The van der Waals surface area contributed by atoms with Gasteiger partial charge in [-0.15, -0.1) is 11.6 Å². The molecule has 1 heterocycles. The highest BCUT2D eigenvalue weighted by Gasteiger charge is 2.40. The lowest BCUT2D eigenvalue weighted by Gasteiger charge is -2.40. The fourth-order valence-electron chi connectivity index (χ4n) is 3.02. The number of carbonyl (C=O) groups is 2. The van der Waals surface area contributed by atoms with E-state index in [1.54, 1.807) is 4.90 Å². The Hall–Kier alpha value is -1.29. The molecule has 1 fully saturated rings. The Bertz CT molecular complexity index is 525. The maximum atomic E-state index is 12.2. The van der Waals surface area contributed by atoms with Crippen LogP contribution in [0, 0.1) is 11.3 Å². The number of likely N-dealkylation sites (tertiary alicyclic amines) is 1. The Kier molecular flexibility index (Phi) is 5.24. The molecule has 2 unspecified atom stereocenters. The number of allylic oxidation sites excluding steroid dienone is 4. The highest BCUT2D eigenvalue weighted by molar-refractivity contribution is 6.22. The smallest absolute Gasteiger partial charge is 0.410 e. The zero-order valence-corrected chi connectivity index (χ0v) is 15.1. The highest BCUT2D eigenvalue weighted by Crippen LogP contribution is 2.40. The van der Waals surface area contributed by atoms with Crippen molar-refractivity contribution >= 4 is 24.0 Å². The summed E-state index contributed by atoms with van der Waals surface area (Å²) < 4.78 is 5.41. The maximum Gasteiger partial charge on any atom is 0.410 e. The molecular formula is C18H26ClNO3. The van der Waals surface area contributed by atoms with Crippen molar-refractivity contribution in [2.45, 2.75) is 51.5 Å². The molecule has 5 heteroatoms. The molecule has 2 atom stereocenters. The Labute approximate surface area is 143 Å². The van der Waals surface area contributed by atoms with Crippen molar-refractivity contribution in [1.82, 2.24) is 4.90 Å². The molecule has 4 nitrogen and oxygen atoms in total. The number of hydrogen-bond donors (Lipinski definition) is 0. The van der Waals surface area contributed by atoms with Gasteiger partial charge in [-0.25, -0.2) is 4.79 Å². The molecule has 128 valence electrons. The Morgan fingerprint density at radius 2 is 2.00 bits per heavy atom. The van der Waals surface area contributed by atoms with Crippen molar-refractivity contribution in [2.24, 2.45) is 11.3 Å². The second-order valence-corrected chi connectivity index (χ2v) is 8.03. The number of nitrogens with zero attached hydrogens (tertiary/aromatic N) is 1.